The van der Waals surface area contributed by atoms with Gasteiger partial charge in [0.15, 0.2) is 12.4 Å². The number of aryl methyl sites for hydroxylation is 1. The number of methoxy groups -OCH3 is 1. The number of aromatic nitrogens is 1. The van der Waals surface area contributed by atoms with Gasteiger partial charge in [-0.05, 0) is 24.6 Å². The molecule has 0 aliphatic heterocycles. The van der Waals surface area contributed by atoms with Crippen molar-refractivity contribution in [2.24, 2.45) is 0 Å². The van der Waals surface area contributed by atoms with Gasteiger partial charge in [-0.1, -0.05) is 53.7 Å². The van der Waals surface area contributed by atoms with Crippen LogP contribution in [0.3, 0.4) is 0 Å². The van der Waals surface area contributed by atoms with Crippen molar-refractivity contribution in [1.29, 1.82) is 0 Å². The molecule has 7 nitrogen and oxygen atoms in total. The number of benzene rings is 2. The quantitative estimate of drug-likeness (QED) is 0.374. The van der Waals surface area contributed by atoms with Gasteiger partial charge in [-0.25, -0.2) is 4.79 Å². The summed E-state index contributed by atoms with van der Waals surface area (Å²) < 4.78 is 15.5. The second-order valence-electron chi connectivity index (χ2n) is 6.11. The first-order valence-corrected chi connectivity index (χ1v) is 8.87. The molecule has 29 heavy (non-hydrogen) atoms. The Morgan fingerprint density at radius 2 is 1.83 bits per heavy atom. The Bertz CT molecular complexity index is 1020. The van der Waals surface area contributed by atoms with Gasteiger partial charge >= 0.3 is 5.97 Å². The van der Waals surface area contributed by atoms with E-state index in [1.54, 1.807) is 44.4 Å². The number of nitrogens with one attached hydrogen (secondary N) is 1. The molecule has 0 radical (unpaired) electrons. The van der Waals surface area contributed by atoms with E-state index in [9.17, 15) is 9.59 Å². The molecule has 0 spiro atoms. The van der Waals surface area contributed by atoms with Gasteiger partial charge in [0.25, 0.3) is 5.91 Å². The van der Waals surface area contributed by atoms with E-state index in [2.05, 4.69) is 10.5 Å². The van der Waals surface area contributed by atoms with Crippen molar-refractivity contribution in [1.82, 2.24) is 5.16 Å². The van der Waals surface area contributed by atoms with Crippen LogP contribution >= 0.6 is 0 Å². The van der Waals surface area contributed by atoms with E-state index in [0.717, 1.165) is 0 Å². The number of esters is 1. The molecule has 0 fully saturated rings. The standard InChI is InChI=1S/C22H20N2O5/c1-15-12-20(24-29-15)23-21(25)14-28-22(26)18(16-8-4-3-5-9-16)13-17-10-6-7-11-19(17)27-2/h3-13H,14H2,1-2H3,(H,23,24,25). The zero-order chi connectivity index (χ0) is 20.6. The molecule has 1 heterocycles. The highest BCUT2D eigenvalue weighted by atomic mass is 16.5. The molecule has 0 aliphatic rings. The fraction of sp³-hybridized carbons (Fsp3) is 0.136. The van der Waals surface area contributed by atoms with E-state index in [0.29, 0.717) is 28.2 Å². The van der Waals surface area contributed by atoms with Crippen LogP contribution in [0.15, 0.2) is 65.2 Å². The Labute approximate surface area is 167 Å². The van der Waals surface area contributed by atoms with Gasteiger partial charge in [-0.15, -0.1) is 0 Å². The molecule has 0 bridgehead atoms. The number of ether oxygens (including phenoxy) is 2. The van der Waals surface area contributed by atoms with E-state index >= 15 is 0 Å². The van der Waals surface area contributed by atoms with Crippen LogP contribution in [0.2, 0.25) is 0 Å². The highest BCUT2D eigenvalue weighted by Gasteiger charge is 2.17. The average molecular weight is 392 g/mol. The summed E-state index contributed by atoms with van der Waals surface area (Å²) in [5.74, 6) is 0.289. The Kier molecular flexibility index (Phi) is 6.42. The lowest BCUT2D eigenvalue weighted by atomic mass is 10.0. The average Bonchev–Trinajstić information content (AvgIpc) is 3.15. The Hall–Kier alpha value is -3.87. The van der Waals surface area contributed by atoms with Crippen molar-refractivity contribution in [2.45, 2.75) is 6.92 Å². The smallest absolute Gasteiger partial charge is 0.339 e. The van der Waals surface area contributed by atoms with Gasteiger partial charge in [-0.2, -0.15) is 0 Å². The SMILES string of the molecule is COc1ccccc1C=C(C(=O)OCC(=O)Nc1cc(C)on1)c1ccccc1. The number of anilines is 1. The largest absolute Gasteiger partial charge is 0.496 e. The third kappa shape index (κ3) is 5.32. The summed E-state index contributed by atoms with van der Waals surface area (Å²) in [5, 5.41) is 6.17. The number of amides is 1. The molecular formula is C22H20N2O5. The van der Waals surface area contributed by atoms with Crippen LogP contribution in [0.1, 0.15) is 16.9 Å². The maximum Gasteiger partial charge on any atom is 0.339 e. The van der Waals surface area contributed by atoms with E-state index in [4.69, 9.17) is 14.0 Å². The summed E-state index contributed by atoms with van der Waals surface area (Å²) >= 11 is 0. The van der Waals surface area contributed by atoms with Crippen LogP contribution in [0.5, 0.6) is 5.75 Å². The number of carbonyl (C=O) groups excluding carboxylic acids is 2. The number of nitrogens with zero attached hydrogens (tertiary/aromatic N) is 1. The monoisotopic (exact) mass is 392 g/mol. The van der Waals surface area contributed by atoms with Gasteiger partial charge in [0.05, 0.1) is 12.7 Å². The van der Waals surface area contributed by atoms with Gasteiger partial charge in [-0.3, -0.25) is 4.79 Å². The van der Waals surface area contributed by atoms with Gasteiger partial charge in [0.2, 0.25) is 0 Å². The number of hydrogen-bond donors (Lipinski definition) is 1. The Morgan fingerprint density at radius 3 is 2.52 bits per heavy atom. The maximum atomic E-state index is 12.8. The lowest BCUT2D eigenvalue weighted by Crippen LogP contribution is -2.21. The maximum absolute atomic E-state index is 12.8. The third-order valence-electron chi connectivity index (χ3n) is 3.97. The molecule has 148 valence electrons. The van der Waals surface area contributed by atoms with Crippen LogP contribution in [0.25, 0.3) is 11.6 Å². The fourth-order valence-electron chi connectivity index (χ4n) is 2.63. The molecule has 7 heteroatoms. The molecule has 0 aliphatic carbocycles. The lowest BCUT2D eigenvalue weighted by molar-refractivity contribution is -0.141. The predicted molar refractivity (Wildman–Crippen MR) is 108 cm³/mol. The van der Waals surface area contributed by atoms with Crippen LogP contribution < -0.4 is 10.1 Å². The number of rotatable bonds is 7. The van der Waals surface area contributed by atoms with E-state index in [-0.39, 0.29) is 5.82 Å². The molecular weight excluding hydrogens is 372 g/mol. The molecule has 0 unspecified atom stereocenters. The van der Waals surface area contributed by atoms with Crippen molar-refractivity contribution < 1.29 is 23.6 Å². The van der Waals surface area contributed by atoms with Crippen molar-refractivity contribution in [2.75, 3.05) is 19.0 Å². The van der Waals surface area contributed by atoms with Gasteiger partial charge < -0.3 is 19.3 Å². The minimum absolute atomic E-state index is 0.261. The molecule has 0 atom stereocenters. The van der Waals surface area contributed by atoms with Crippen LogP contribution in [-0.2, 0) is 14.3 Å². The first-order valence-electron chi connectivity index (χ1n) is 8.87. The zero-order valence-corrected chi connectivity index (χ0v) is 16.0. The van der Waals surface area contributed by atoms with E-state index in [1.165, 1.54) is 0 Å². The summed E-state index contributed by atoms with van der Waals surface area (Å²) in [6.07, 6.45) is 1.68. The van der Waals surface area contributed by atoms with E-state index < -0.39 is 18.5 Å². The summed E-state index contributed by atoms with van der Waals surface area (Å²) in [6, 6.07) is 17.9. The summed E-state index contributed by atoms with van der Waals surface area (Å²) in [5.41, 5.74) is 1.68. The van der Waals surface area contributed by atoms with Crippen LogP contribution in [0.4, 0.5) is 5.82 Å². The molecule has 2 aromatic carbocycles. The van der Waals surface area contributed by atoms with Gasteiger partial charge in [0.1, 0.15) is 11.5 Å². The van der Waals surface area contributed by atoms with E-state index in [1.807, 2.05) is 36.4 Å². The third-order valence-corrected chi connectivity index (χ3v) is 3.97. The molecule has 1 aromatic heterocycles. The van der Waals surface area contributed by atoms with Crippen LogP contribution in [0, 0.1) is 6.92 Å². The molecule has 0 saturated carbocycles. The van der Waals surface area contributed by atoms with Crippen molar-refractivity contribution in [3.8, 4) is 5.75 Å². The van der Waals surface area contributed by atoms with Crippen LogP contribution in [-0.4, -0.2) is 30.7 Å². The number of carbonyl (C=O) groups is 2. The fourth-order valence-corrected chi connectivity index (χ4v) is 2.63. The topological polar surface area (TPSA) is 90.7 Å². The minimum Gasteiger partial charge on any atom is -0.496 e. The Morgan fingerprint density at radius 1 is 1.10 bits per heavy atom. The summed E-state index contributed by atoms with van der Waals surface area (Å²) in [6.45, 7) is 1.25. The summed E-state index contributed by atoms with van der Waals surface area (Å²) in [7, 11) is 1.56. The number of para-hydroxylation sites is 1. The molecule has 3 rings (SSSR count). The van der Waals surface area contributed by atoms with Crippen molar-refractivity contribution in [3.63, 3.8) is 0 Å². The predicted octanol–water partition coefficient (Wildman–Crippen LogP) is 3.71. The summed E-state index contributed by atoms with van der Waals surface area (Å²) in [4.78, 5) is 24.8. The van der Waals surface area contributed by atoms with Crippen molar-refractivity contribution in [3.05, 3.63) is 77.6 Å². The lowest BCUT2D eigenvalue weighted by Gasteiger charge is -2.10. The second kappa shape index (κ2) is 9.36. The molecule has 0 saturated heterocycles. The number of hydrogen-bond acceptors (Lipinski definition) is 6. The first kappa shape index (κ1) is 19.9. The molecule has 1 N–H and O–H groups in total. The minimum atomic E-state index is -0.631. The highest BCUT2D eigenvalue weighted by molar-refractivity contribution is 6.22. The molecule has 1 amide bonds. The normalized spacial score (nSPS) is 11.0. The second-order valence-corrected chi connectivity index (χ2v) is 6.11. The highest BCUT2D eigenvalue weighted by Crippen LogP contribution is 2.25. The molecule has 3 aromatic rings. The zero-order valence-electron chi connectivity index (χ0n) is 16.0. The first-order chi connectivity index (χ1) is 14.1. The van der Waals surface area contributed by atoms with Gasteiger partial charge in [0, 0.05) is 11.6 Å². The Balaban J connectivity index is 1.78. The van der Waals surface area contributed by atoms with Crippen molar-refractivity contribution >= 4 is 29.3 Å².